The molecule has 3 heteroatoms. The molecule has 0 aliphatic rings. The summed E-state index contributed by atoms with van der Waals surface area (Å²) in [4.78, 5) is 0. The van der Waals surface area contributed by atoms with E-state index in [2.05, 4.69) is 55.1 Å². The smallest absolute Gasteiger partial charge is 0.0875 e. The number of rotatable bonds is 5. The van der Waals surface area contributed by atoms with E-state index in [0.717, 1.165) is 18.7 Å². The molecule has 2 aromatic rings. The lowest BCUT2D eigenvalue weighted by molar-refractivity contribution is 0.530. The van der Waals surface area contributed by atoms with E-state index in [1.807, 2.05) is 11.7 Å². The Kier molecular flexibility index (Phi) is 3.82. The number of aromatic nitrogens is 2. The van der Waals surface area contributed by atoms with Crippen LogP contribution in [0.3, 0.4) is 0 Å². The number of fused-ring (bicyclic) bond motifs is 1. The fraction of sp³-hybridized carbons (Fsp3) is 0.400. The molecule has 1 aromatic carbocycles. The van der Waals surface area contributed by atoms with E-state index in [0.29, 0.717) is 0 Å². The number of hydrogen-bond donors (Lipinski definition) is 1. The van der Waals surface area contributed by atoms with Gasteiger partial charge in [-0.05, 0) is 26.0 Å². The van der Waals surface area contributed by atoms with E-state index >= 15 is 0 Å². The number of aryl methyl sites for hydroxylation is 1. The first kappa shape index (κ1) is 12.8. The summed E-state index contributed by atoms with van der Waals surface area (Å²) in [6.45, 7) is 9.13. The molecule has 0 fully saturated rings. The zero-order valence-corrected chi connectivity index (χ0v) is 11.4. The van der Waals surface area contributed by atoms with Gasteiger partial charge in [0.15, 0.2) is 0 Å². The number of hydrogen-bond acceptors (Lipinski definition) is 2. The summed E-state index contributed by atoms with van der Waals surface area (Å²) in [7, 11) is 2.00. The van der Waals surface area contributed by atoms with Crippen LogP contribution in [0.5, 0.6) is 0 Å². The highest BCUT2D eigenvalue weighted by atomic mass is 15.3. The van der Waals surface area contributed by atoms with E-state index < -0.39 is 0 Å². The minimum atomic E-state index is 0.249. The summed E-state index contributed by atoms with van der Waals surface area (Å²) in [6.07, 6.45) is 0.925. The van der Waals surface area contributed by atoms with Crippen LogP contribution in [0.1, 0.15) is 32.0 Å². The maximum absolute atomic E-state index is 4.67. The van der Waals surface area contributed by atoms with E-state index in [9.17, 15) is 0 Å². The lowest BCUT2D eigenvalue weighted by atomic mass is 10.0. The van der Waals surface area contributed by atoms with Crippen LogP contribution in [0.25, 0.3) is 10.9 Å². The molecule has 1 atom stereocenters. The molecule has 0 saturated carbocycles. The normalized spacial score (nSPS) is 12.8. The molecule has 1 aromatic heterocycles. The summed E-state index contributed by atoms with van der Waals surface area (Å²) in [5.74, 6) is 0. The van der Waals surface area contributed by atoms with Crippen molar-refractivity contribution in [3.63, 3.8) is 0 Å². The Hall–Kier alpha value is -1.61. The first-order valence-corrected chi connectivity index (χ1v) is 6.43. The number of para-hydroxylation sites is 1. The van der Waals surface area contributed by atoms with Gasteiger partial charge in [0.1, 0.15) is 0 Å². The number of nitrogens with one attached hydrogen (secondary N) is 1. The zero-order valence-electron chi connectivity index (χ0n) is 11.4. The van der Waals surface area contributed by atoms with E-state index in [1.165, 1.54) is 16.5 Å². The number of nitrogens with zero attached hydrogens (tertiary/aromatic N) is 2. The lowest BCUT2D eigenvalue weighted by Gasteiger charge is -2.16. The van der Waals surface area contributed by atoms with Gasteiger partial charge in [0, 0.05) is 12.4 Å². The molecular weight excluding hydrogens is 222 g/mol. The molecule has 0 spiro atoms. The average molecular weight is 243 g/mol. The van der Waals surface area contributed by atoms with Crippen molar-refractivity contribution in [3.05, 3.63) is 42.1 Å². The molecule has 3 nitrogen and oxygen atoms in total. The Bertz CT molecular complexity index is 554. The fourth-order valence-electron chi connectivity index (χ4n) is 2.36. The highest BCUT2D eigenvalue weighted by Crippen LogP contribution is 2.26. The molecule has 96 valence electrons. The van der Waals surface area contributed by atoms with Crippen molar-refractivity contribution in [2.45, 2.75) is 26.3 Å². The molecule has 2 rings (SSSR count). The van der Waals surface area contributed by atoms with Crippen LogP contribution in [0, 0.1) is 0 Å². The van der Waals surface area contributed by atoms with Crippen molar-refractivity contribution in [1.82, 2.24) is 15.1 Å². The highest BCUT2D eigenvalue weighted by Gasteiger charge is 2.17. The van der Waals surface area contributed by atoms with Crippen molar-refractivity contribution in [2.24, 2.45) is 7.05 Å². The van der Waals surface area contributed by atoms with Crippen molar-refractivity contribution in [3.8, 4) is 0 Å². The monoisotopic (exact) mass is 243 g/mol. The third kappa shape index (κ3) is 2.46. The predicted molar refractivity (Wildman–Crippen MR) is 76.6 cm³/mol. The van der Waals surface area contributed by atoms with Gasteiger partial charge in [0.25, 0.3) is 0 Å². The van der Waals surface area contributed by atoms with Crippen LogP contribution in [0.15, 0.2) is 36.4 Å². The van der Waals surface area contributed by atoms with Gasteiger partial charge in [-0.25, -0.2) is 0 Å². The van der Waals surface area contributed by atoms with Gasteiger partial charge in [-0.3, -0.25) is 4.68 Å². The van der Waals surface area contributed by atoms with Gasteiger partial charge in [-0.2, -0.15) is 5.10 Å². The third-order valence-electron chi connectivity index (χ3n) is 3.12. The summed E-state index contributed by atoms with van der Waals surface area (Å²) in [6, 6.07) is 8.61. The standard InChI is InChI=1S/C15H21N3/c1-5-16-13(10-11(2)3)15-12-8-6-7-9-14(12)18(4)17-15/h6-9,13,16H,2,5,10H2,1,3-4H3. The lowest BCUT2D eigenvalue weighted by Crippen LogP contribution is -2.21. The van der Waals surface area contributed by atoms with Crippen LogP contribution >= 0.6 is 0 Å². The second-order valence-corrected chi connectivity index (χ2v) is 4.80. The van der Waals surface area contributed by atoms with Gasteiger partial charge >= 0.3 is 0 Å². The molecular formula is C15H21N3. The first-order chi connectivity index (χ1) is 8.63. The molecule has 0 amide bonds. The summed E-state index contributed by atoms with van der Waals surface area (Å²) in [5, 5.41) is 9.40. The molecule has 1 unspecified atom stereocenters. The van der Waals surface area contributed by atoms with Crippen LogP contribution in [0.4, 0.5) is 0 Å². The SMILES string of the molecule is C=C(C)CC(NCC)c1nn(C)c2ccccc12. The summed E-state index contributed by atoms with van der Waals surface area (Å²) in [5.41, 5.74) is 3.48. The second-order valence-electron chi connectivity index (χ2n) is 4.80. The maximum Gasteiger partial charge on any atom is 0.0875 e. The van der Waals surface area contributed by atoms with Gasteiger partial charge in [-0.1, -0.05) is 30.7 Å². The quantitative estimate of drug-likeness (QED) is 0.817. The summed E-state index contributed by atoms with van der Waals surface area (Å²) >= 11 is 0. The largest absolute Gasteiger partial charge is 0.309 e. The maximum atomic E-state index is 4.67. The Labute approximate surface area is 109 Å². The molecule has 0 aliphatic carbocycles. The first-order valence-electron chi connectivity index (χ1n) is 6.43. The average Bonchev–Trinajstić information content (AvgIpc) is 2.67. The van der Waals surface area contributed by atoms with Gasteiger partial charge < -0.3 is 5.32 Å². The minimum absolute atomic E-state index is 0.249. The predicted octanol–water partition coefficient (Wildman–Crippen LogP) is 3.19. The molecule has 0 radical (unpaired) electrons. The van der Waals surface area contributed by atoms with E-state index in [4.69, 9.17) is 0 Å². The van der Waals surface area contributed by atoms with Crippen LogP contribution in [-0.4, -0.2) is 16.3 Å². The summed E-state index contributed by atoms with van der Waals surface area (Å²) < 4.78 is 1.95. The Morgan fingerprint density at radius 1 is 1.44 bits per heavy atom. The molecule has 0 aliphatic heterocycles. The Morgan fingerprint density at radius 3 is 2.83 bits per heavy atom. The van der Waals surface area contributed by atoms with E-state index in [-0.39, 0.29) is 6.04 Å². The highest BCUT2D eigenvalue weighted by molar-refractivity contribution is 5.82. The van der Waals surface area contributed by atoms with Crippen LogP contribution in [-0.2, 0) is 7.05 Å². The van der Waals surface area contributed by atoms with Crippen LogP contribution < -0.4 is 5.32 Å². The number of benzene rings is 1. The van der Waals surface area contributed by atoms with Crippen molar-refractivity contribution >= 4 is 10.9 Å². The molecule has 1 heterocycles. The molecule has 0 bridgehead atoms. The van der Waals surface area contributed by atoms with Crippen molar-refractivity contribution in [2.75, 3.05) is 6.54 Å². The third-order valence-corrected chi connectivity index (χ3v) is 3.12. The van der Waals surface area contributed by atoms with Crippen LogP contribution in [0.2, 0.25) is 0 Å². The molecule has 1 N–H and O–H groups in total. The van der Waals surface area contributed by atoms with Crippen molar-refractivity contribution in [1.29, 1.82) is 0 Å². The molecule has 18 heavy (non-hydrogen) atoms. The second kappa shape index (κ2) is 5.36. The van der Waals surface area contributed by atoms with Crippen molar-refractivity contribution < 1.29 is 0 Å². The topological polar surface area (TPSA) is 29.9 Å². The minimum Gasteiger partial charge on any atom is -0.309 e. The fourth-order valence-corrected chi connectivity index (χ4v) is 2.36. The van der Waals surface area contributed by atoms with E-state index in [1.54, 1.807) is 0 Å². The van der Waals surface area contributed by atoms with Gasteiger partial charge in [-0.15, -0.1) is 6.58 Å². The van der Waals surface area contributed by atoms with Gasteiger partial charge in [0.05, 0.1) is 17.3 Å². The van der Waals surface area contributed by atoms with Gasteiger partial charge in [0.2, 0.25) is 0 Å². The zero-order chi connectivity index (χ0) is 13.1. The Morgan fingerprint density at radius 2 is 2.17 bits per heavy atom. The molecule has 0 saturated heterocycles. The Balaban J connectivity index is 2.46.